The average Bonchev–Trinajstić information content (AvgIpc) is 1.61. The van der Waals surface area contributed by atoms with Gasteiger partial charge in [0.2, 0.25) is 28.4 Å². The molecule has 8 aromatic rings. The Balaban J connectivity index is 0.000000170. The second-order valence-corrected chi connectivity index (χ2v) is 34.9. The van der Waals surface area contributed by atoms with E-state index in [2.05, 4.69) is 64.7 Å². The van der Waals surface area contributed by atoms with Crippen LogP contribution in [0.1, 0.15) is 137 Å². The van der Waals surface area contributed by atoms with Crippen LogP contribution >= 0.6 is 123 Å². The number of benzene rings is 7. The van der Waals surface area contributed by atoms with Crippen LogP contribution in [0.2, 0.25) is 25.1 Å². The number of phenols is 6. The van der Waals surface area contributed by atoms with Crippen LogP contribution in [0.5, 0.6) is 57.5 Å². The van der Waals surface area contributed by atoms with Gasteiger partial charge in [0, 0.05) is 54.4 Å². The van der Waals surface area contributed by atoms with Crippen molar-refractivity contribution in [2.45, 2.75) is 83.8 Å². The molecule has 24 nitrogen and oxygen atoms in total. The molecular formula is C77H74AlCl11N8O16. The van der Waals surface area contributed by atoms with Crippen LogP contribution < -0.4 is 18.9 Å². The summed E-state index contributed by atoms with van der Waals surface area (Å²) in [5.74, 6) is 1.56. The standard InChI is InChI=1S/C24H22ClNO3.2C14H16ClNO3.C9H7NO.C8H5ClO3.C6H5ClO2.C2H2Cl2O.Al.ClHN4.3ClH/c25-20-13-18-23(28)21(12-16-9-8-15-6-2-3-7-17(15)16)29-24(18)19(22(20)27)14-26-10-4-1-5-11-26;2*15-11-6-9-12(17)8-19-14(9)10(13(11)18)7-16-4-2-1-3-5-16;11-6-7-5-10-9-4-2-1-3-8(7)9;9-5-1-4-7(11)3-12-8(4)2-6(5)10;7-5-2-1-4(8)3-6(5)9;3-1-2(4)5;;1-3-5-4-2;;;/h2-3,6-7,9,12-13,27H,1,4-5,8,10-11,14H2;2*6,18H,1-5,7-8H2;1-6,10H;1-2,10H,3H2;1-3,8-9H;1H2;;2H;3*1H/q;;;;;;;+3;;;;/p-3/b21-12-;;;;;;;;;;;. The lowest BCUT2D eigenvalue weighted by Crippen LogP contribution is -2.29. The zero-order valence-corrected chi connectivity index (χ0v) is 69.5. The van der Waals surface area contributed by atoms with Gasteiger partial charge in [-0.3, -0.25) is 43.5 Å². The van der Waals surface area contributed by atoms with Crippen molar-refractivity contribution in [2.24, 2.45) is 15.1 Å². The maximum atomic E-state index is 13.0. The minimum atomic E-state index is -1.72. The van der Waals surface area contributed by atoms with Crippen LogP contribution in [0.15, 0.2) is 136 Å². The van der Waals surface area contributed by atoms with Crippen molar-refractivity contribution in [3.63, 3.8) is 0 Å². The number of aromatic nitrogens is 1. The monoisotopic (exact) mass is 1780 g/mol. The van der Waals surface area contributed by atoms with Crippen molar-refractivity contribution in [1.29, 1.82) is 5.53 Å². The van der Waals surface area contributed by atoms with E-state index in [1.807, 2.05) is 42.5 Å². The molecule has 113 heavy (non-hydrogen) atoms. The number of rotatable bonds is 10. The van der Waals surface area contributed by atoms with E-state index in [-0.39, 0.29) is 114 Å². The van der Waals surface area contributed by atoms with Gasteiger partial charge in [0.1, 0.15) is 57.5 Å². The summed E-state index contributed by atoms with van der Waals surface area (Å²) in [5.41, 5.74) is 14.7. The number of carbonyl (C=O) groups is 6. The predicted molar refractivity (Wildman–Crippen MR) is 440 cm³/mol. The van der Waals surface area contributed by atoms with Crippen LogP contribution in [0.25, 0.3) is 16.5 Å². The highest BCUT2D eigenvalue weighted by molar-refractivity contribution is 7.54. The first kappa shape index (κ1) is 90.9. The van der Waals surface area contributed by atoms with Gasteiger partial charge in [-0.2, -0.15) is 5.53 Å². The summed E-state index contributed by atoms with van der Waals surface area (Å²) >= 11 is 41.7. The Morgan fingerprint density at radius 1 is 0.558 bits per heavy atom. The molecule has 8 aliphatic rings. The van der Waals surface area contributed by atoms with Gasteiger partial charge in [-0.25, -0.2) is 30.1 Å². The van der Waals surface area contributed by atoms with Gasteiger partial charge in [-0.05, 0) is 172 Å². The summed E-state index contributed by atoms with van der Waals surface area (Å²) in [6.07, 6.45) is 18.0. The number of ketones is 4. The number of carbonyl (C=O) groups excluding carboxylic acids is 6. The number of hydrogen-bond donors (Lipinski definition) is 8. The van der Waals surface area contributed by atoms with Crippen LogP contribution in [-0.2, 0) is 30.8 Å². The molecule has 0 unspecified atom stereocenters. The lowest BCUT2D eigenvalue weighted by Gasteiger charge is -2.27. The number of nitrogens with one attached hydrogen (secondary N) is 2. The van der Waals surface area contributed by atoms with E-state index in [1.165, 1.54) is 99.0 Å². The van der Waals surface area contributed by atoms with Gasteiger partial charge in [-0.15, -0.1) is 11.6 Å². The van der Waals surface area contributed by atoms with Crippen molar-refractivity contribution in [3.8, 4) is 57.5 Å². The largest absolute Gasteiger partial charge is 0.643 e. The zero-order chi connectivity index (χ0) is 82.0. The molecule has 0 bridgehead atoms. The van der Waals surface area contributed by atoms with E-state index < -0.39 is 16.6 Å². The Labute approximate surface area is 706 Å². The molecular weight excluding hydrogens is 1710 g/mol. The number of aromatic amines is 1. The number of allylic oxidation sites excluding steroid dienone is 4. The highest BCUT2D eigenvalue weighted by Gasteiger charge is 2.35. The van der Waals surface area contributed by atoms with Crippen molar-refractivity contribution in [1.82, 2.24) is 19.7 Å². The number of nitrogens with zero attached hydrogens (tertiary/aromatic N) is 6. The van der Waals surface area contributed by atoms with Gasteiger partial charge in [-0.1, -0.05) is 130 Å². The minimum Gasteiger partial charge on any atom is -0.508 e. The Kier molecular flexibility index (Phi) is 36.2. The first-order valence-electron chi connectivity index (χ1n) is 34.9. The number of piperidine rings is 3. The van der Waals surface area contributed by atoms with Crippen LogP contribution in [0, 0.1) is 5.53 Å². The maximum absolute atomic E-state index is 13.0. The Bertz CT molecular complexity index is 4760. The molecule has 0 radical (unpaired) electrons. The normalized spacial score (nSPS) is 15.8. The van der Waals surface area contributed by atoms with Gasteiger partial charge < -0.3 is 54.6 Å². The molecule has 1 aliphatic carbocycles. The number of phenolic OH excluding ortho intramolecular Hbond substituents is 6. The molecule has 1 aromatic heterocycles. The number of hydrogen-bond acceptors (Lipinski definition) is 21. The number of halogens is 11. The lowest BCUT2D eigenvalue weighted by molar-refractivity contribution is -0.109. The van der Waals surface area contributed by atoms with E-state index in [0.717, 1.165) is 92.4 Å². The van der Waals surface area contributed by atoms with Crippen molar-refractivity contribution in [2.75, 3.05) is 65.0 Å². The summed E-state index contributed by atoms with van der Waals surface area (Å²) in [6, 6.07) is 27.2. The van der Waals surface area contributed by atoms with Crippen molar-refractivity contribution < 1.29 is 78.4 Å². The number of Topliss-reactive ketones (excluding diaryl/α,β-unsaturated/α-hetero) is 4. The van der Waals surface area contributed by atoms with Crippen molar-refractivity contribution in [3.05, 3.63) is 202 Å². The zero-order valence-electron chi connectivity index (χ0n) is 60.0. The molecule has 0 amide bonds. The summed E-state index contributed by atoms with van der Waals surface area (Å²) in [6.45, 7) is 7.80. The van der Waals surface area contributed by atoms with Crippen LogP contribution in [0.4, 0.5) is 0 Å². The number of H-pyrrole nitrogens is 1. The molecule has 598 valence electrons. The van der Waals surface area contributed by atoms with E-state index in [1.54, 1.807) is 6.20 Å². The minimum absolute atomic E-state index is 0.00969. The highest BCUT2D eigenvalue weighted by atomic mass is 35.8. The molecule has 0 atom stereocenters. The molecule has 0 spiro atoms. The molecule has 8 N–H and O–H groups in total. The number of para-hydroxylation sites is 1. The molecule has 7 aliphatic heterocycles. The SMILES string of the molecule is N=NN=NCl.O=C(Cl)CCl.O=C1/C(=C/C2=CCc3ccccc32)Oc2c1cc(Cl)c(O)c2CN1CCCCC1.O=C1COc2c1cc(Cl)c(O)c2CN1CCCCC1.O=C1COc2c1cc(Cl)c(O)c2CN1CCCCC1.O=C1COc2cc(O)c(Cl)cc21.O=Cc1c[nH]c2ccccc12.Oc1ccc(Cl)c(O)c1.[Cl][Al]([Cl])[Cl]. The number of aldehydes is 1. The fraction of sp³-hybridized carbons (Fsp3) is 0.299. The molecule has 0 saturated carbocycles. The fourth-order valence-corrected chi connectivity index (χ4v) is 13.7. The topological polar surface area (TPSA) is 347 Å². The Morgan fingerprint density at radius 3 is 1.48 bits per heavy atom. The molecule has 3 fully saturated rings. The molecule has 3 saturated heterocycles. The highest BCUT2D eigenvalue weighted by Crippen LogP contribution is 2.47. The summed E-state index contributed by atoms with van der Waals surface area (Å²) in [7, 11) is 14.8. The van der Waals surface area contributed by atoms with E-state index in [0.29, 0.717) is 81.6 Å². The third-order valence-corrected chi connectivity index (χ3v) is 20.2. The summed E-state index contributed by atoms with van der Waals surface area (Å²) in [4.78, 5) is 77.2. The first-order valence-corrected chi connectivity index (χ1v) is 43.3. The predicted octanol–water partition coefficient (Wildman–Crippen LogP) is 19.9. The van der Waals surface area contributed by atoms with E-state index >= 15 is 0 Å². The molecule has 36 heteroatoms. The third kappa shape index (κ3) is 25.7. The number of aromatic hydroxyl groups is 6. The lowest BCUT2D eigenvalue weighted by atomic mass is 10.0. The number of fused-ring (bicyclic) bond motifs is 6. The fourth-order valence-electron chi connectivity index (χ4n) is 12.7. The summed E-state index contributed by atoms with van der Waals surface area (Å²) in [5, 5.41) is 64.2. The Morgan fingerprint density at radius 2 is 1.01 bits per heavy atom. The van der Waals surface area contributed by atoms with Crippen LogP contribution in [-0.4, -0.2) is 161 Å². The smallest absolute Gasteiger partial charge is 0.508 e. The Hall–Kier alpha value is -7.62. The number of alkyl halides is 1. The first-order chi connectivity index (χ1) is 54.2. The van der Waals surface area contributed by atoms with Gasteiger partial charge in [0.05, 0.1) is 81.7 Å². The third-order valence-electron chi connectivity index (χ3n) is 18.1. The maximum Gasteiger partial charge on any atom is 0.643 e. The van der Waals surface area contributed by atoms with Gasteiger partial charge >= 0.3 is 11.4 Å². The average molecular weight is 1780 g/mol. The van der Waals surface area contributed by atoms with Gasteiger partial charge in [0.25, 0.3) is 0 Å². The summed E-state index contributed by atoms with van der Waals surface area (Å²) < 4.78 is 24.5. The van der Waals surface area contributed by atoms with Gasteiger partial charge in [0.15, 0.2) is 31.9 Å². The number of ether oxygens (including phenoxy) is 4. The molecule has 8 heterocycles. The quantitative estimate of drug-likeness (QED) is 0.0120. The number of likely N-dealkylation sites (tertiary alicyclic amines) is 3. The molecule has 16 rings (SSSR count). The second-order valence-electron chi connectivity index (χ2n) is 25.6. The van der Waals surface area contributed by atoms with Crippen molar-refractivity contribution >= 4 is 186 Å². The molecule has 7 aromatic carbocycles. The van der Waals surface area contributed by atoms with E-state index in [4.69, 9.17) is 151 Å². The second kappa shape index (κ2) is 45.0. The van der Waals surface area contributed by atoms with Crippen LogP contribution in [0.3, 0.4) is 0 Å². The van der Waals surface area contributed by atoms with E-state index in [9.17, 15) is 44.1 Å².